The standard InChI is InChI=1S/C27H29N7O/c1-17-26(18(2)33(32-17)15-19-4-3-5-23(35)10-19)25-14-30-27-24(25)11-20(12-29-27)21-13-31-34(16-21)22-6-8-28-9-7-22/h3-5,10-14,16,22,28,35H,6-9,15H2,1-2H3,(H,29,30). The number of nitrogens with zero attached hydrogens (tertiary/aromatic N) is 5. The number of piperidine rings is 1. The first-order valence-corrected chi connectivity index (χ1v) is 12.1. The van der Waals surface area contributed by atoms with Gasteiger partial charge < -0.3 is 15.4 Å². The number of aromatic nitrogens is 6. The van der Waals surface area contributed by atoms with Crippen LogP contribution in [0.1, 0.15) is 35.8 Å². The van der Waals surface area contributed by atoms with Gasteiger partial charge in [0.25, 0.3) is 0 Å². The van der Waals surface area contributed by atoms with Crippen LogP contribution in [0.3, 0.4) is 0 Å². The molecule has 1 aliphatic heterocycles. The summed E-state index contributed by atoms with van der Waals surface area (Å²) >= 11 is 0. The quantitative estimate of drug-likeness (QED) is 0.351. The SMILES string of the molecule is Cc1nn(Cc2cccc(O)c2)c(C)c1-c1c[nH]c2ncc(-c3cnn(C4CCNCC4)c3)cc12. The van der Waals surface area contributed by atoms with Crippen molar-refractivity contribution in [1.82, 2.24) is 34.8 Å². The molecule has 35 heavy (non-hydrogen) atoms. The Kier molecular flexibility index (Phi) is 5.37. The molecule has 1 aliphatic rings. The second-order valence-electron chi connectivity index (χ2n) is 9.39. The van der Waals surface area contributed by atoms with Gasteiger partial charge in [0, 0.05) is 51.9 Å². The Labute approximate surface area is 203 Å². The third-order valence-electron chi connectivity index (χ3n) is 7.04. The van der Waals surface area contributed by atoms with Gasteiger partial charge in [-0.15, -0.1) is 0 Å². The summed E-state index contributed by atoms with van der Waals surface area (Å²) < 4.78 is 4.11. The van der Waals surface area contributed by atoms with Crippen LogP contribution < -0.4 is 5.32 Å². The van der Waals surface area contributed by atoms with E-state index in [2.05, 4.69) is 39.3 Å². The van der Waals surface area contributed by atoms with Crippen molar-refractivity contribution < 1.29 is 5.11 Å². The molecule has 6 rings (SSSR count). The molecule has 0 amide bonds. The zero-order valence-corrected chi connectivity index (χ0v) is 20.0. The molecule has 4 aromatic heterocycles. The van der Waals surface area contributed by atoms with Crippen molar-refractivity contribution in [1.29, 1.82) is 0 Å². The second kappa shape index (κ2) is 8.70. The summed E-state index contributed by atoms with van der Waals surface area (Å²) in [7, 11) is 0. The van der Waals surface area contributed by atoms with E-state index < -0.39 is 0 Å². The Morgan fingerprint density at radius 2 is 1.94 bits per heavy atom. The van der Waals surface area contributed by atoms with E-state index in [9.17, 15) is 5.11 Å². The lowest BCUT2D eigenvalue weighted by molar-refractivity contribution is 0.343. The summed E-state index contributed by atoms with van der Waals surface area (Å²) in [5.41, 5.74) is 8.26. The van der Waals surface area contributed by atoms with E-state index in [0.717, 1.165) is 76.2 Å². The molecule has 0 atom stereocenters. The Morgan fingerprint density at radius 3 is 2.77 bits per heavy atom. The number of pyridine rings is 1. The monoisotopic (exact) mass is 467 g/mol. The maximum atomic E-state index is 9.83. The second-order valence-corrected chi connectivity index (χ2v) is 9.39. The predicted octanol–water partition coefficient (Wildman–Crippen LogP) is 4.59. The van der Waals surface area contributed by atoms with Gasteiger partial charge in [-0.25, -0.2) is 4.98 Å². The van der Waals surface area contributed by atoms with Gasteiger partial charge in [0.2, 0.25) is 0 Å². The van der Waals surface area contributed by atoms with Crippen molar-refractivity contribution in [3.8, 4) is 28.0 Å². The van der Waals surface area contributed by atoms with Gasteiger partial charge in [-0.2, -0.15) is 10.2 Å². The number of aromatic amines is 1. The molecule has 0 aliphatic carbocycles. The van der Waals surface area contributed by atoms with Crippen molar-refractivity contribution in [2.75, 3.05) is 13.1 Å². The molecule has 0 unspecified atom stereocenters. The molecule has 1 fully saturated rings. The number of hydrogen-bond acceptors (Lipinski definition) is 5. The largest absolute Gasteiger partial charge is 0.508 e. The third-order valence-corrected chi connectivity index (χ3v) is 7.04. The molecule has 1 aromatic carbocycles. The summed E-state index contributed by atoms with van der Waals surface area (Å²) in [6.45, 7) is 6.82. The summed E-state index contributed by atoms with van der Waals surface area (Å²) in [6, 6.07) is 9.97. The Hall–Kier alpha value is -3.91. The third kappa shape index (κ3) is 4.00. The molecule has 0 saturated carbocycles. The van der Waals surface area contributed by atoms with Gasteiger partial charge in [-0.1, -0.05) is 12.1 Å². The number of aromatic hydroxyl groups is 1. The first-order valence-electron chi connectivity index (χ1n) is 12.1. The number of phenols is 1. The summed E-state index contributed by atoms with van der Waals surface area (Å²) in [5, 5.41) is 23.8. The van der Waals surface area contributed by atoms with Crippen LogP contribution >= 0.6 is 0 Å². The van der Waals surface area contributed by atoms with Gasteiger partial charge in [0.15, 0.2) is 0 Å². The molecule has 5 aromatic rings. The van der Waals surface area contributed by atoms with E-state index in [1.54, 1.807) is 12.1 Å². The van der Waals surface area contributed by atoms with Crippen LogP contribution in [0.2, 0.25) is 0 Å². The Morgan fingerprint density at radius 1 is 1.09 bits per heavy atom. The fourth-order valence-corrected chi connectivity index (χ4v) is 5.19. The first kappa shape index (κ1) is 21.6. The molecule has 0 spiro atoms. The highest BCUT2D eigenvalue weighted by Gasteiger charge is 2.19. The van der Waals surface area contributed by atoms with E-state index in [1.165, 1.54) is 0 Å². The zero-order valence-electron chi connectivity index (χ0n) is 20.0. The van der Waals surface area contributed by atoms with E-state index in [1.807, 2.05) is 42.3 Å². The predicted molar refractivity (Wildman–Crippen MR) is 136 cm³/mol. The van der Waals surface area contributed by atoms with E-state index >= 15 is 0 Å². The summed E-state index contributed by atoms with van der Waals surface area (Å²) in [4.78, 5) is 8.05. The topological polar surface area (TPSA) is 96.6 Å². The number of phenolic OH excluding ortho intramolecular Hbond substituents is 1. The van der Waals surface area contributed by atoms with Crippen LogP contribution in [0.15, 0.2) is 55.1 Å². The van der Waals surface area contributed by atoms with Gasteiger partial charge in [0.05, 0.1) is 24.5 Å². The fourth-order valence-electron chi connectivity index (χ4n) is 5.19. The average molecular weight is 468 g/mol. The number of hydrogen-bond donors (Lipinski definition) is 3. The number of fused-ring (bicyclic) bond motifs is 1. The highest BCUT2D eigenvalue weighted by molar-refractivity contribution is 5.96. The Balaban J connectivity index is 1.35. The van der Waals surface area contributed by atoms with Gasteiger partial charge in [-0.3, -0.25) is 9.36 Å². The van der Waals surface area contributed by atoms with Gasteiger partial charge in [-0.05, 0) is 63.5 Å². The van der Waals surface area contributed by atoms with Crippen molar-refractivity contribution in [3.63, 3.8) is 0 Å². The van der Waals surface area contributed by atoms with Crippen LogP contribution in [-0.2, 0) is 6.54 Å². The van der Waals surface area contributed by atoms with E-state index in [4.69, 9.17) is 10.1 Å². The van der Waals surface area contributed by atoms with Crippen LogP contribution in [0.5, 0.6) is 5.75 Å². The highest BCUT2D eigenvalue weighted by Crippen LogP contribution is 2.35. The van der Waals surface area contributed by atoms with Crippen molar-refractivity contribution in [2.24, 2.45) is 0 Å². The minimum absolute atomic E-state index is 0.267. The molecule has 0 radical (unpaired) electrons. The number of nitrogens with one attached hydrogen (secondary N) is 2. The van der Waals surface area contributed by atoms with Crippen molar-refractivity contribution >= 4 is 11.0 Å². The minimum atomic E-state index is 0.267. The first-order chi connectivity index (χ1) is 17.1. The Bertz CT molecular complexity index is 1500. The lowest BCUT2D eigenvalue weighted by Gasteiger charge is -2.22. The smallest absolute Gasteiger partial charge is 0.137 e. The number of H-pyrrole nitrogens is 1. The molecule has 5 heterocycles. The zero-order chi connectivity index (χ0) is 23.9. The maximum absolute atomic E-state index is 9.83. The van der Waals surface area contributed by atoms with Crippen LogP contribution in [0.25, 0.3) is 33.3 Å². The number of aryl methyl sites for hydroxylation is 1. The molecule has 1 saturated heterocycles. The van der Waals surface area contributed by atoms with Crippen molar-refractivity contribution in [2.45, 2.75) is 39.3 Å². The normalized spacial score (nSPS) is 14.7. The fraction of sp³-hybridized carbons (Fsp3) is 0.296. The number of rotatable bonds is 5. The van der Waals surface area contributed by atoms with E-state index in [-0.39, 0.29) is 5.75 Å². The number of benzene rings is 1. The molecule has 178 valence electrons. The van der Waals surface area contributed by atoms with Crippen LogP contribution in [0.4, 0.5) is 0 Å². The minimum Gasteiger partial charge on any atom is -0.508 e. The van der Waals surface area contributed by atoms with E-state index in [0.29, 0.717) is 12.6 Å². The lowest BCUT2D eigenvalue weighted by Crippen LogP contribution is -2.29. The highest BCUT2D eigenvalue weighted by atomic mass is 16.3. The average Bonchev–Trinajstić information content (AvgIpc) is 3.58. The van der Waals surface area contributed by atoms with Crippen LogP contribution in [0, 0.1) is 13.8 Å². The van der Waals surface area contributed by atoms with Crippen molar-refractivity contribution in [3.05, 3.63) is 72.1 Å². The molecular weight excluding hydrogens is 438 g/mol. The van der Waals surface area contributed by atoms with Gasteiger partial charge in [0.1, 0.15) is 11.4 Å². The van der Waals surface area contributed by atoms with Gasteiger partial charge >= 0.3 is 0 Å². The summed E-state index contributed by atoms with van der Waals surface area (Å²) in [5.74, 6) is 0.267. The lowest BCUT2D eigenvalue weighted by atomic mass is 10.0. The molecule has 8 heteroatoms. The molecule has 8 nitrogen and oxygen atoms in total. The van der Waals surface area contributed by atoms with Crippen LogP contribution in [-0.4, -0.2) is 47.7 Å². The summed E-state index contributed by atoms with van der Waals surface area (Å²) in [6.07, 6.45) is 10.2. The molecule has 3 N–H and O–H groups in total. The maximum Gasteiger partial charge on any atom is 0.137 e. The molecule has 0 bridgehead atoms. The molecular formula is C27H29N7O.